The Balaban J connectivity index is 0.000000847. The molecule has 1 amide bonds. The van der Waals surface area contributed by atoms with Gasteiger partial charge >= 0.3 is 0 Å². The monoisotopic (exact) mass is 297 g/mol. The molecule has 1 aromatic heterocycles. The Morgan fingerprint density at radius 2 is 1.86 bits per heavy atom. The number of carbonyl (C=O) groups is 1. The van der Waals surface area contributed by atoms with Gasteiger partial charge in [-0.25, -0.2) is 0 Å². The average Bonchev–Trinajstić information content (AvgIpc) is 2.64. The summed E-state index contributed by atoms with van der Waals surface area (Å²) in [5, 5.41) is 3.25. The summed E-state index contributed by atoms with van der Waals surface area (Å²) in [6.07, 6.45) is 1.76. The van der Waals surface area contributed by atoms with Gasteiger partial charge in [-0.15, -0.1) is 0 Å². The van der Waals surface area contributed by atoms with Crippen molar-refractivity contribution in [3.63, 3.8) is 0 Å². The van der Waals surface area contributed by atoms with Crippen LogP contribution in [0, 0.1) is 0 Å². The molecule has 4 heteroatoms. The molecule has 1 aliphatic rings. The predicted octanol–water partition coefficient (Wildman–Crippen LogP) is 2.82. The molecule has 1 aromatic carbocycles. The summed E-state index contributed by atoms with van der Waals surface area (Å²) >= 11 is 0. The fourth-order valence-electron chi connectivity index (χ4n) is 2.40. The number of hydrogen-bond acceptors (Lipinski definition) is 3. The zero-order chi connectivity index (χ0) is 15.8. The highest BCUT2D eigenvalue weighted by Crippen LogP contribution is 2.18. The van der Waals surface area contributed by atoms with Gasteiger partial charge in [0.05, 0.1) is 5.69 Å². The van der Waals surface area contributed by atoms with E-state index in [4.69, 9.17) is 0 Å². The molecule has 0 unspecified atom stereocenters. The fourth-order valence-corrected chi connectivity index (χ4v) is 2.40. The Bertz CT molecular complexity index is 592. The number of rotatable bonds is 2. The number of benzene rings is 1. The van der Waals surface area contributed by atoms with Crippen LogP contribution in [0.4, 0.5) is 0 Å². The number of nitrogens with one attached hydrogen (secondary N) is 1. The topological polar surface area (TPSA) is 45.2 Å². The summed E-state index contributed by atoms with van der Waals surface area (Å²) < 4.78 is 0. The first-order valence-electron chi connectivity index (χ1n) is 7.86. The van der Waals surface area contributed by atoms with E-state index >= 15 is 0 Å². The second-order valence-electron chi connectivity index (χ2n) is 4.84. The number of hydrogen-bond donors (Lipinski definition) is 1. The molecule has 0 atom stereocenters. The lowest BCUT2D eigenvalue weighted by molar-refractivity contribution is 0.0736. The minimum atomic E-state index is 0.101. The molecule has 0 aliphatic carbocycles. The van der Waals surface area contributed by atoms with Crippen LogP contribution < -0.4 is 5.32 Å². The van der Waals surface area contributed by atoms with Crippen LogP contribution in [0.3, 0.4) is 0 Å². The third-order valence-corrected chi connectivity index (χ3v) is 3.47. The van der Waals surface area contributed by atoms with E-state index in [-0.39, 0.29) is 5.91 Å². The van der Waals surface area contributed by atoms with Gasteiger partial charge in [-0.1, -0.05) is 32.0 Å². The smallest absolute Gasteiger partial charge is 0.253 e. The van der Waals surface area contributed by atoms with Gasteiger partial charge in [-0.05, 0) is 24.3 Å². The van der Waals surface area contributed by atoms with Crippen molar-refractivity contribution >= 4 is 5.91 Å². The van der Waals surface area contributed by atoms with Gasteiger partial charge < -0.3 is 10.2 Å². The lowest BCUT2D eigenvalue weighted by Crippen LogP contribution is -2.46. The maximum atomic E-state index is 12.5. The van der Waals surface area contributed by atoms with Gasteiger partial charge in [0.1, 0.15) is 0 Å². The average molecular weight is 297 g/mol. The van der Waals surface area contributed by atoms with Crippen LogP contribution in [-0.2, 0) is 0 Å². The molecule has 0 bridgehead atoms. The number of amides is 1. The SMILES string of the molecule is CC.O=C(c1cccc(-c2ccccn2)c1)N1CCNCC1. The van der Waals surface area contributed by atoms with E-state index < -0.39 is 0 Å². The first kappa shape index (κ1) is 16.2. The van der Waals surface area contributed by atoms with Gasteiger partial charge in [-0.2, -0.15) is 0 Å². The van der Waals surface area contributed by atoms with Crippen molar-refractivity contribution in [3.8, 4) is 11.3 Å². The molecule has 1 saturated heterocycles. The first-order chi connectivity index (χ1) is 10.8. The molecule has 116 valence electrons. The van der Waals surface area contributed by atoms with Crippen LogP contribution in [-0.4, -0.2) is 42.0 Å². The van der Waals surface area contributed by atoms with Gasteiger partial charge in [0.2, 0.25) is 0 Å². The largest absolute Gasteiger partial charge is 0.336 e. The second kappa shape index (κ2) is 8.29. The Morgan fingerprint density at radius 3 is 2.55 bits per heavy atom. The summed E-state index contributed by atoms with van der Waals surface area (Å²) in [4.78, 5) is 18.7. The Kier molecular flexibility index (Phi) is 6.10. The Morgan fingerprint density at radius 1 is 1.09 bits per heavy atom. The van der Waals surface area contributed by atoms with Crippen molar-refractivity contribution < 1.29 is 4.79 Å². The highest BCUT2D eigenvalue weighted by Gasteiger charge is 2.18. The minimum Gasteiger partial charge on any atom is -0.336 e. The van der Waals surface area contributed by atoms with Gasteiger partial charge in [-0.3, -0.25) is 9.78 Å². The number of aromatic nitrogens is 1. The Labute approximate surface area is 132 Å². The molecule has 4 nitrogen and oxygen atoms in total. The van der Waals surface area contributed by atoms with E-state index in [9.17, 15) is 4.79 Å². The van der Waals surface area contributed by atoms with Crippen molar-refractivity contribution in [1.29, 1.82) is 0 Å². The normalized spacial score (nSPS) is 14.0. The van der Waals surface area contributed by atoms with E-state index in [1.807, 2.05) is 61.2 Å². The van der Waals surface area contributed by atoms with Crippen LogP contribution in [0.1, 0.15) is 24.2 Å². The predicted molar refractivity (Wildman–Crippen MR) is 89.8 cm³/mol. The molecular weight excluding hydrogens is 274 g/mol. The van der Waals surface area contributed by atoms with Gasteiger partial charge in [0.25, 0.3) is 5.91 Å². The zero-order valence-corrected chi connectivity index (χ0v) is 13.2. The zero-order valence-electron chi connectivity index (χ0n) is 13.2. The molecule has 0 saturated carbocycles. The van der Waals surface area contributed by atoms with E-state index in [0.717, 1.165) is 43.0 Å². The van der Waals surface area contributed by atoms with Crippen molar-refractivity contribution in [1.82, 2.24) is 15.2 Å². The first-order valence-corrected chi connectivity index (χ1v) is 7.86. The summed E-state index contributed by atoms with van der Waals surface area (Å²) in [6.45, 7) is 7.27. The highest BCUT2D eigenvalue weighted by atomic mass is 16.2. The Hall–Kier alpha value is -2.20. The van der Waals surface area contributed by atoms with Crippen molar-refractivity contribution in [2.45, 2.75) is 13.8 Å². The van der Waals surface area contributed by atoms with E-state index in [0.29, 0.717) is 0 Å². The highest BCUT2D eigenvalue weighted by molar-refractivity contribution is 5.95. The summed E-state index contributed by atoms with van der Waals surface area (Å²) in [5.41, 5.74) is 2.60. The van der Waals surface area contributed by atoms with E-state index in [2.05, 4.69) is 10.3 Å². The number of nitrogens with zero attached hydrogens (tertiary/aromatic N) is 2. The fraction of sp³-hybridized carbons (Fsp3) is 0.333. The lowest BCUT2D eigenvalue weighted by Gasteiger charge is -2.27. The maximum absolute atomic E-state index is 12.5. The van der Waals surface area contributed by atoms with E-state index in [1.54, 1.807) is 6.20 Å². The minimum absolute atomic E-state index is 0.101. The van der Waals surface area contributed by atoms with Crippen LogP contribution >= 0.6 is 0 Å². The van der Waals surface area contributed by atoms with Crippen molar-refractivity contribution in [2.75, 3.05) is 26.2 Å². The van der Waals surface area contributed by atoms with Crippen molar-refractivity contribution in [3.05, 3.63) is 54.2 Å². The number of carbonyl (C=O) groups excluding carboxylic acids is 1. The number of piperazine rings is 1. The van der Waals surface area contributed by atoms with Crippen LogP contribution in [0.5, 0.6) is 0 Å². The molecule has 22 heavy (non-hydrogen) atoms. The quantitative estimate of drug-likeness (QED) is 0.927. The third kappa shape index (κ3) is 3.92. The van der Waals surface area contributed by atoms with Gasteiger partial charge in [0, 0.05) is 43.5 Å². The molecule has 2 aromatic rings. The summed E-state index contributed by atoms with van der Waals surface area (Å²) in [5.74, 6) is 0.101. The van der Waals surface area contributed by atoms with Crippen LogP contribution in [0.15, 0.2) is 48.7 Å². The second-order valence-corrected chi connectivity index (χ2v) is 4.84. The maximum Gasteiger partial charge on any atom is 0.253 e. The lowest BCUT2D eigenvalue weighted by atomic mass is 10.1. The molecule has 1 aliphatic heterocycles. The third-order valence-electron chi connectivity index (χ3n) is 3.47. The standard InChI is InChI=1S/C16H17N3O.C2H6/c20-16(19-10-8-17-9-11-19)14-5-3-4-13(12-14)15-6-1-2-7-18-15;1-2/h1-7,12,17H,8-11H2;1-2H3. The molecular formula is C18H23N3O. The van der Waals surface area contributed by atoms with E-state index in [1.165, 1.54) is 0 Å². The summed E-state index contributed by atoms with van der Waals surface area (Å²) in [6, 6.07) is 13.5. The summed E-state index contributed by atoms with van der Waals surface area (Å²) in [7, 11) is 0. The molecule has 1 fully saturated rings. The van der Waals surface area contributed by atoms with Gasteiger partial charge in [0.15, 0.2) is 0 Å². The number of pyridine rings is 1. The molecule has 3 rings (SSSR count). The van der Waals surface area contributed by atoms with Crippen LogP contribution in [0.2, 0.25) is 0 Å². The van der Waals surface area contributed by atoms with Crippen molar-refractivity contribution in [2.24, 2.45) is 0 Å². The molecule has 2 heterocycles. The van der Waals surface area contributed by atoms with Crippen LogP contribution in [0.25, 0.3) is 11.3 Å². The molecule has 0 spiro atoms. The molecule has 0 radical (unpaired) electrons. The molecule has 1 N–H and O–H groups in total.